The van der Waals surface area contributed by atoms with Crippen LogP contribution in [0.4, 0.5) is 0 Å². The Morgan fingerprint density at radius 1 is 1.31 bits per heavy atom. The summed E-state index contributed by atoms with van der Waals surface area (Å²) < 4.78 is 19.2. The summed E-state index contributed by atoms with van der Waals surface area (Å²) in [6.45, 7) is 3.34. The van der Waals surface area contributed by atoms with Crippen LogP contribution in [-0.2, 0) is 25.5 Å². The standard InChI is InChI=1S/C25H32N6O4/c26-24(32)22(16-4-5-16)29-20-15-33-14-17-6-7-31-23(17)19(20)12-27-25(31)18-11-28-30(13-18)8-10-35-21-3-1-2-9-34-21/h11-13,15-16,21-22,29H,1-10,14H2,(H2,26,32). The van der Waals surface area contributed by atoms with Crippen LogP contribution in [0, 0.1) is 5.92 Å². The number of hydrogen-bond acceptors (Lipinski definition) is 8. The molecule has 2 atom stereocenters. The molecule has 0 bridgehead atoms. The number of carbonyl (C=O) groups excluding carboxylic acids is 1. The van der Waals surface area contributed by atoms with Gasteiger partial charge in [-0.3, -0.25) is 9.48 Å². The number of amidine groups is 1. The number of carbonyl (C=O) groups is 1. The number of primary amides is 1. The zero-order valence-electron chi connectivity index (χ0n) is 19.8. The summed E-state index contributed by atoms with van der Waals surface area (Å²) in [4.78, 5) is 19.1. The van der Waals surface area contributed by atoms with E-state index >= 15 is 0 Å². The molecule has 2 unspecified atom stereocenters. The first kappa shape index (κ1) is 22.4. The summed E-state index contributed by atoms with van der Waals surface area (Å²) in [6.07, 6.45) is 13.5. The fourth-order valence-corrected chi connectivity index (χ4v) is 5.18. The van der Waals surface area contributed by atoms with Gasteiger partial charge in [0.15, 0.2) is 6.29 Å². The number of aliphatic imine (C=N–C) groups is 1. The van der Waals surface area contributed by atoms with Crippen molar-refractivity contribution in [1.82, 2.24) is 20.0 Å². The molecular weight excluding hydrogens is 448 g/mol. The SMILES string of the molecule is NC(=O)C(NC1=COCC2=C3C1=CN=C(c1cnn(CCOC4CCCCO4)c1)N3CC2)C1CC1. The third-order valence-electron chi connectivity index (χ3n) is 7.18. The highest BCUT2D eigenvalue weighted by atomic mass is 16.7. The lowest BCUT2D eigenvalue weighted by Crippen LogP contribution is -2.43. The summed E-state index contributed by atoms with van der Waals surface area (Å²) in [5.74, 6) is 0.825. The van der Waals surface area contributed by atoms with Crippen molar-refractivity contribution < 1.29 is 19.0 Å². The van der Waals surface area contributed by atoms with E-state index in [0.717, 1.165) is 80.0 Å². The Morgan fingerprint density at radius 3 is 3.03 bits per heavy atom. The Bertz CT molecular complexity index is 1110. The highest BCUT2D eigenvalue weighted by Crippen LogP contribution is 2.39. The van der Waals surface area contributed by atoms with Gasteiger partial charge in [0.1, 0.15) is 24.7 Å². The van der Waals surface area contributed by atoms with Crippen LogP contribution in [0.2, 0.25) is 0 Å². The molecule has 1 saturated heterocycles. The number of amides is 1. The van der Waals surface area contributed by atoms with Gasteiger partial charge in [-0.15, -0.1) is 0 Å². The smallest absolute Gasteiger partial charge is 0.240 e. The Morgan fingerprint density at radius 2 is 2.23 bits per heavy atom. The van der Waals surface area contributed by atoms with Gasteiger partial charge in [0.2, 0.25) is 5.91 Å². The fraction of sp³-hybridized carbons (Fsp3) is 0.560. The number of aromatic nitrogens is 2. The van der Waals surface area contributed by atoms with E-state index in [1.54, 1.807) is 6.26 Å². The largest absolute Gasteiger partial charge is 0.495 e. The van der Waals surface area contributed by atoms with Crippen LogP contribution in [0.15, 0.2) is 52.4 Å². The molecule has 1 aromatic rings. The summed E-state index contributed by atoms with van der Waals surface area (Å²) in [6, 6.07) is -0.396. The van der Waals surface area contributed by atoms with Gasteiger partial charge in [0.05, 0.1) is 36.3 Å². The van der Waals surface area contributed by atoms with Gasteiger partial charge >= 0.3 is 0 Å². The maximum Gasteiger partial charge on any atom is 0.240 e. The molecule has 1 saturated carbocycles. The van der Waals surface area contributed by atoms with Crippen LogP contribution in [0.3, 0.4) is 0 Å². The lowest BCUT2D eigenvalue weighted by Gasteiger charge is -2.30. The lowest BCUT2D eigenvalue weighted by molar-refractivity contribution is -0.163. The zero-order chi connectivity index (χ0) is 23.8. The topological polar surface area (TPSA) is 116 Å². The van der Waals surface area contributed by atoms with Crippen molar-refractivity contribution in [2.75, 3.05) is 26.4 Å². The van der Waals surface area contributed by atoms with Crippen molar-refractivity contribution in [3.05, 3.63) is 53.0 Å². The van der Waals surface area contributed by atoms with Gasteiger partial charge in [-0.1, -0.05) is 0 Å². The van der Waals surface area contributed by atoms with Gasteiger partial charge in [-0.25, -0.2) is 4.99 Å². The summed E-state index contributed by atoms with van der Waals surface area (Å²) >= 11 is 0. The van der Waals surface area contributed by atoms with E-state index in [0.29, 0.717) is 19.8 Å². The molecule has 0 aromatic carbocycles. The molecule has 10 heteroatoms. The van der Waals surface area contributed by atoms with Crippen LogP contribution in [0.1, 0.15) is 44.1 Å². The third kappa shape index (κ3) is 4.60. The second-order valence-electron chi connectivity index (χ2n) is 9.71. The second-order valence-corrected chi connectivity index (χ2v) is 9.71. The predicted molar refractivity (Wildman–Crippen MR) is 128 cm³/mol. The molecule has 0 spiro atoms. The minimum absolute atomic E-state index is 0.0950. The Labute approximate surface area is 204 Å². The number of ether oxygens (including phenoxy) is 3. The fourth-order valence-electron chi connectivity index (χ4n) is 5.18. The minimum Gasteiger partial charge on any atom is -0.495 e. The van der Waals surface area contributed by atoms with Crippen molar-refractivity contribution in [2.45, 2.75) is 57.4 Å². The Kier molecular flexibility index (Phi) is 6.07. The minimum atomic E-state index is -0.396. The summed E-state index contributed by atoms with van der Waals surface area (Å²) in [5.41, 5.74) is 10.7. The molecule has 1 amide bonds. The van der Waals surface area contributed by atoms with Gasteiger partial charge in [0, 0.05) is 31.1 Å². The molecular formula is C25H32N6O4. The molecule has 35 heavy (non-hydrogen) atoms. The van der Waals surface area contributed by atoms with E-state index in [-0.39, 0.29) is 18.1 Å². The average molecular weight is 481 g/mol. The number of nitrogens with one attached hydrogen (secondary N) is 1. The van der Waals surface area contributed by atoms with Crippen LogP contribution in [0.5, 0.6) is 0 Å². The van der Waals surface area contributed by atoms with Gasteiger partial charge in [-0.05, 0) is 50.0 Å². The van der Waals surface area contributed by atoms with Gasteiger partial charge in [0.25, 0.3) is 0 Å². The van der Waals surface area contributed by atoms with Crippen molar-refractivity contribution in [3.8, 4) is 0 Å². The van der Waals surface area contributed by atoms with Crippen molar-refractivity contribution in [2.24, 2.45) is 16.6 Å². The number of nitrogens with two attached hydrogens (primary N) is 1. The van der Waals surface area contributed by atoms with E-state index in [1.807, 2.05) is 23.3 Å². The quantitative estimate of drug-likeness (QED) is 0.553. The molecule has 3 N–H and O–H groups in total. The zero-order valence-corrected chi connectivity index (χ0v) is 19.8. The third-order valence-corrected chi connectivity index (χ3v) is 7.18. The molecule has 5 heterocycles. The number of rotatable bonds is 9. The molecule has 1 aliphatic carbocycles. The molecule has 2 fully saturated rings. The Balaban J connectivity index is 1.19. The maximum atomic E-state index is 12.0. The highest BCUT2D eigenvalue weighted by Gasteiger charge is 2.39. The Hall–Kier alpha value is -3.11. The first-order chi connectivity index (χ1) is 17.2. The first-order valence-electron chi connectivity index (χ1n) is 12.6. The van der Waals surface area contributed by atoms with E-state index < -0.39 is 6.04 Å². The van der Waals surface area contributed by atoms with Crippen LogP contribution < -0.4 is 11.1 Å². The predicted octanol–water partition coefficient (Wildman–Crippen LogP) is 1.76. The van der Waals surface area contributed by atoms with Gasteiger partial charge in [-0.2, -0.15) is 5.10 Å². The van der Waals surface area contributed by atoms with Crippen LogP contribution in [0.25, 0.3) is 0 Å². The molecule has 186 valence electrons. The summed E-state index contributed by atoms with van der Waals surface area (Å²) in [5, 5.41) is 7.89. The van der Waals surface area contributed by atoms with E-state index in [1.165, 1.54) is 5.57 Å². The second kappa shape index (κ2) is 9.50. The monoisotopic (exact) mass is 480 g/mol. The molecule has 1 aromatic heterocycles. The van der Waals surface area contributed by atoms with E-state index in [9.17, 15) is 4.79 Å². The van der Waals surface area contributed by atoms with Gasteiger partial charge < -0.3 is 30.2 Å². The highest BCUT2D eigenvalue weighted by molar-refractivity contribution is 6.01. The lowest BCUT2D eigenvalue weighted by atomic mass is 10.0. The maximum absolute atomic E-state index is 12.0. The molecule has 10 nitrogen and oxygen atoms in total. The molecule has 5 aliphatic rings. The number of hydrogen-bond donors (Lipinski definition) is 2. The van der Waals surface area contributed by atoms with Crippen LogP contribution in [-0.4, -0.2) is 65.1 Å². The van der Waals surface area contributed by atoms with Crippen molar-refractivity contribution in [3.63, 3.8) is 0 Å². The molecule has 0 radical (unpaired) electrons. The average Bonchev–Trinajstić information content (AvgIpc) is 3.49. The summed E-state index contributed by atoms with van der Waals surface area (Å²) in [7, 11) is 0. The number of nitrogens with zero attached hydrogens (tertiary/aromatic N) is 4. The molecule has 4 aliphatic heterocycles. The first-order valence-corrected chi connectivity index (χ1v) is 12.6. The van der Waals surface area contributed by atoms with Crippen molar-refractivity contribution >= 4 is 11.7 Å². The normalized spacial score (nSPS) is 24.6. The van der Waals surface area contributed by atoms with E-state index in [4.69, 9.17) is 24.9 Å². The molecule has 6 rings (SSSR count). The van der Waals surface area contributed by atoms with E-state index in [2.05, 4.69) is 15.3 Å². The van der Waals surface area contributed by atoms with Crippen molar-refractivity contribution in [1.29, 1.82) is 0 Å². The van der Waals surface area contributed by atoms with Crippen LogP contribution >= 0.6 is 0 Å².